The first-order chi connectivity index (χ1) is 15.0. The standard InChI is InChI=1S/C24H34N4O3/c1-5-25-24(26-14-18(2)16-31-17-20-9-7-6-8-10-20)27-15-21-11-12-23(30-4)22(13-21)28-19(3)29/h6-13,18H,5,14-17H2,1-4H3,(H,28,29)(H2,25,26,27). The Labute approximate surface area is 185 Å². The zero-order valence-corrected chi connectivity index (χ0v) is 18.9. The number of nitrogens with one attached hydrogen (secondary N) is 3. The van der Waals surface area contributed by atoms with Gasteiger partial charge in [0.05, 0.1) is 32.6 Å². The lowest BCUT2D eigenvalue weighted by Crippen LogP contribution is -2.40. The number of nitrogens with zero attached hydrogens (tertiary/aromatic N) is 1. The van der Waals surface area contributed by atoms with E-state index in [2.05, 4.69) is 40.0 Å². The smallest absolute Gasteiger partial charge is 0.221 e. The summed E-state index contributed by atoms with van der Waals surface area (Å²) in [6.45, 7) is 8.93. The van der Waals surface area contributed by atoms with Gasteiger partial charge in [-0.1, -0.05) is 43.3 Å². The molecule has 0 aliphatic heterocycles. The van der Waals surface area contributed by atoms with Gasteiger partial charge in [-0.15, -0.1) is 0 Å². The van der Waals surface area contributed by atoms with Crippen LogP contribution in [0.3, 0.4) is 0 Å². The van der Waals surface area contributed by atoms with Gasteiger partial charge >= 0.3 is 0 Å². The van der Waals surface area contributed by atoms with Crippen LogP contribution < -0.4 is 20.7 Å². The minimum Gasteiger partial charge on any atom is -0.495 e. The Kier molecular flexibility index (Phi) is 10.4. The van der Waals surface area contributed by atoms with Crippen molar-refractivity contribution < 1.29 is 14.3 Å². The first-order valence-electron chi connectivity index (χ1n) is 10.6. The van der Waals surface area contributed by atoms with Gasteiger partial charge in [-0.2, -0.15) is 0 Å². The molecule has 0 aliphatic rings. The predicted molar refractivity (Wildman–Crippen MR) is 125 cm³/mol. The number of amides is 1. The van der Waals surface area contributed by atoms with E-state index in [9.17, 15) is 4.79 Å². The number of carbonyl (C=O) groups is 1. The third kappa shape index (κ3) is 9.09. The zero-order valence-electron chi connectivity index (χ0n) is 18.9. The summed E-state index contributed by atoms with van der Waals surface area (Å²) < 4.78 is 11.1. The number of methoxy groups -OCH3 is 1. The van der Waals surface area contributed by atoms with Crippen molar-refractivity contribution >= 4 is 17.6 Å². The fourth-order valence-electron chi connectivity index (χ4n) is 2.93. The molecule has 7 nitrogen and oxygen atoms in total. The Bertz CT molecular complexity index is 840. The van der Waals surface area contributed by atoms with Crippen LogP contribution in [0.2, 0.25) is 0 Å². The van der Waals surface area contributed by atoms with E-state index in [1.54, 1.807) is 7.11 Å². The van der Waals surface area contributed by atoms with Crippen LogP contribution in [0.5, 0.6) is 5.75 Å². The molecule has 0 bridgehead atoms. The number of guanidine groups is 1. The fraction of sp³-hybridized carbons (Fsp3) is 0.417. The van der Waals surface area contributed by atoms with Gasteiger partial charge in [0.1, 0.15) is 5.75 Å². The van der Waals surface area contributed by atoms with Crippen molar-refractivity contribution in [3.8, 4) is 5.75 Å². The second-order valence-corrected chi connectivity index (χ2v) is 7.40. The summed E-state index contributed by atoms with van der Waals surface area (Å²) in [5.41, 5.74) is 2.79. The Balaban J connectivity index is 1.87. The molecule has 0 saturated heterocycles. The summed E-state index contributed by atoms with van der Waals surface area (Å²) in [7, 11) is 1.58. The summed E-state index contributed by atoms with van der Waals surface area (Å²) in [6.07, 6.45) is 0. The molecule has 2 aromatic carbocycles. The quantitative estimate of drug-likeness (QED) is 0.378. The molecule has 0 aliphatic carbocycles. The highest BCUT2D eigenvalue weighted by Crippen LogP contribution is 2.25. The largest absolute Gasteiger partial charge is 0.495 e. The summed E-state index contributed by atoms with van der Waals surface area (Å²) in [6, 6.07) is 15.8. The maximum Gasteiger partial charge on any atom is 0.221 e. The van der Waals surface area contributed by atoms with Gasteiger partial charge in [0, 0.05) is 20.0 Å². The van der Waals surface area contributed by atoms with Crippen LogP contribution in [0.15, 0.2) is 53.5 Å². The molecule has 1 atom stereocenters. The SMILES string of the molecule is CCNC(=NCc1ccc(OC)c(NC(C)=O)c1)NCC(C)COCc1ccccc1. The lowest BCUT2D eigenvalue weighted by Gasteiger charge is -2.16. The summed E-state index contributed by atoms with van der Waals surface area (Å²) in [5, 5.41) is 9.43. The Morgan fingerprint density at radius 1 is 1.10 bits per heavy atom. The van der Waals surface area contributed by atoms with Crippen molar-refractivity contribution in [1.29, 1.82) is 0 Å². The topological polar surface area (TPSA) is 84.0 Å². The summed E-state index contributed by atoms with van der Waals surface area (Å²) in [4.78, 5) is 16.1. The molecule has 0 saturated carbocycles. The maximum atomic E-state index is 11.4. The number of aliphatic imine (C=N–C) groups is 1. The van der Waals surface area contributed by atoms with E-state index in [1.165, 1.54) is 12.5 Å². The molecule has 2 aromatic rings. The van der Waals surface area contributed by atoms with E-state index in [0.717, 1.165) is 24.6 Å². The lowest BCUT2D eigenvalue weighted by atomic mass is 10.2. The average Bonchev–Trinajstić information content (AvgIpc) is 2.76. The van der Waals surface area contributed by atoms with E-state index < -0.39 is 0 Å². The van der Waals surface area contributed by atoms with Gasteiger partial charge in [0.2, 0.25) is 5.91 Å². The average molecular weight is 427 g/mol. The third-order valence-electron chi connectivity index (χ3n) is 4.47. The third-order valence-corrected chi connectivity index (χ3v) is 4.47. The molecule has 0 radical (unpaired) electrons. The summed E-state index contributed by atoms with van der Waals surface area (Å²) in [5.74, 6) is 1.56. The molecule has 0 aromatic heterocycles. The van der Waals surface area contributed by atoms with E-state index in [0.29, 0.717) is 37.1 Å². The molecule has 3 N–H and O–H groups in total. The van der Waals surface area contributed by atoms with Crippen LogP contribution in [0, 0.1) is 5.92 Å². The number of ether oxygens (including phenoxy) is 2. The Hall–Kier alpha value is -3.06. The first-order valence-corrected chi connectivity index (χ1v) is 10.6. The van der Waals surface area contributed by atoms with Crippen LogP contribution in [-0.2, 0) is 22.7 Å². The van der Waals surface area contributed by atoms with Crippen LogP contribution >= 0.6 is 0 Å². The van der Waals surface area contributed by atoms with Crippen LogP contribution in [-0.4, -0.2) is 38.7 Å². The van der Waals surface area contributed by atoms with Crippen LogP contribution in [0.25, 0.3) is 0 Å². The minimum atomic E-state index is -0.141. The van der Waals surface area contributed by atoms with Gasteiger partial charge in [0.25, 0.3) is 0 Å². The number of rotatable bonds is 11. The van der Waals surface area contributed by atoms with E-state index >= 15 is 0 Å². The second-order valence-electron chi connectivity index (χ2n) is 7.40. The number of hydrogen-bond acceptors (Lipinski definition) is 4. The molecule has 1 unspecified atom stereocenters. The Morgan fingerprint density at radius 2 is 1.87 bits per heavy atom. The van der Waals surface area contributed by atoms with Crippen molar-refractivity contribution in [2.45, 2.75) is 33.9 Å². The highest BCUT2D eigenvalue weighted by molar-refractivity contribution is 5.90. The van der Waals surface area contributed by atoms with Crippen molar-refractivity contribution in [2.24, 2.45) is 10.9 Å². The predicted octanol–water partition coefficient (Wildman–Crippen LogP) is 3.56. The monoisotopic (exact) mass is 426 g/mol. The van der Waals surface area contributed by atoms with E-state index in [4.69, 9.17) is 9.47 Å². The number of hydrogen-bond donors (Lipinski definition) is 3. The highest BCUT2D eigenvalue weighted by atomic mass is 16.5. The molecule has 0 fully saturated rings. The van der Waals surface area contributed by atoms with Gasteiger partial charge in [-0.25, -0.2) is 4.99 Å². The van der Waals surface area contributed by atoms with E-state index in [-0.39, 0.29) is 5.91 Å². The normalized spacial score (nSPS) is 12.2. The number of carbonyl (C=O) groups excluding carboxylic acids is 1. The molecular formula is C24H34N4O3. The molecule has 168 valence electrons. The molecule has 0 heterocycles. The fourth-order valence-corrected chi connectivity index (χ4v) is 2.93. The van der Waals surface area contributed by atoms with Crippen LogP contribution in [0.4, 0.5) is 5.69 Å². The molecule has 31 heavy (non-hydrogen) atoms. The van der Waals surface area contributed by atoms with Crippen molar-refractivity contribution in [1.82, 2.24) is 10.6 Å². The summed E-state index contributed by atoms with van der Waals surface area (Å²) >= 11 is 0. The zero-order chi connectivity index (χ0) is 22.5. The molecule has 1 amide bonds. The molecule has 0 spiro atoms. The van der Waals surface area contributed by atoms with Crippen LogP contribution in [0.1, 0.15) is 31.9 Å². The lowest BCUT2D eigenvalue weighted by molar-refractivity contribution is -0.114. The number of anilines is 1. The molecule has 2 rings (SSSR count). The second kappa shape index (κ2) is 13.3. The van der Waals surface area contributed by atoms with E-state index in [1.807, 2.05) is 43.3 Å². The molecular weight excluding hydrogens is 392 g/mol. The maximum absolute atomic E-state index is 11.4. The first kappa shape index (κ1) is 24.2. The minimum absolute atomic E-state index is 0.141. The van der Waals surface area contributed by atoms with Gasteiger partial charge in [-0.3, -0.25) is 4.79 Å². The van der Waals surface area contributed by atoms with Gasteiger partial charge in [0.15, 0.2) is 5.96 Å². The van der Waals surface area contributed by atoms with Crippen molar-refractivity contribution in [3.05, 3.63) is 59.7 Å². The van der Waals surface area contributed by atoms with Crippen molar-refractivity contribution in [3.63, 3.8) is 0 Å². The van der Waals surface area contributed by atoms with Crippen molar-refractivity contribution in [2.75, 3.05) is 32.1 Å². The number of benzene rings is 2. The molecule has 7 heteroatoms. The van der Waals surface area contributed by atoms with Gasteiger partial charge < -0.3 is 25.4 Å². The highest BCUT2D eigenvalue weighted by Gasteiger charge is 2.08. The Morgan fingerprint density at radius 3 is 2.55 bits per heavy atom. The van der Waals surface area contributed by atoms with Gasteiger partial charge in [-0.05, 0) is 36.1 Å².